The van der Waals surface area contributed by atoms with Crippen LogP contribution in [0.2, 0.25) is 0 Å². The van der Waals surface area contributed by atoms with E-state index in [0.717, 1.165) is 11.1 Å². The van der Waals surface area contributed by atoms with E-state index in [1.165, 1.54) is 24.2 Å². The van der Waals surface area contributed by atoms with Gasteiger partial charge in [-0.15, -0.1) is 0 Å². The van der Waals surface area contributed by atoms with Crippen molar-refractivity contribution in [2.24, 2.45) is 0 Å². The highest BCUT2D eigenvalue weighted by atomic mass is 19.1. The number of H-pyrrole nitrogens is 1. The zero-order chi connectivity index (χ0) is 23.4. The average molecular weight is 446 g/mol. The number of hydrogen-bond donors (Lipinski definition) is 1. The first-order valence-electron chi connectivity index (χ1n) is 10.3. The lowest BCUT2D eigenvalue weighted by Crippen LogP contribution is -2.29. The Hall–Kier alpha value is -4.20. The third-order valence-corrected chi connectivity index (χ3v) is 5.28. The highest BCUT2D eigenvalue weighted by Gasteiger charge is 2.23. The van der Waals surface area contributed by atoms with Crippen molar-refractivity contribution in [1.82, 2.24) is 19.9 Å². The van der Waals surface area contributed by atoms with Crippen LogP contribution < -0.4 is 9.47 Å². The second-order valence-electron chi connectivity index (χ2n) is 7.28. The van der Waals surface area contributed by atoms with Crippen molar-refractivity contribution in [3.05, 3.63) is 73.5 Å². The standard InChI is InChI=1S/C25H23FN4O3/c1-4-21(31)30(2)13-14-33-20-15-27-12-10-16(20)23-22(24-19(29-23)9-6-11-28-24)17-7-5-8-18(26)25(17)32-3/h4-12,15,29H,1,13-14H2,2-3H3. The first kappa shape index (κ1) is 22.0. The van der Waals surface area contributed by atoms with Gasteiger partial charge >= 0.3 is 0 Å². The number of carbonyl (C=O) groups is 1. The maximum atomic E-state index is 14.6. The molecule has 0 unspecified atom stereocenters. The van der Waals surface area contributed by atoms with Gasteiger partial charge < -0.3 is 19.4 Å². The topological polar surface area (TPSA) is 80.3 Å². The predicted molar refractivity (Wildman–Crippen MR) is 125 cm³/mol. The number of aromatic amines is 1. The van der Waals surface area contributed by atoms with Crippen LogP contribution in [-0.2, 0) is 4.79 Å². The molecule has 0 saturated heterocycles. The lowest BCUT2D eigenvalue weighted by Gasteiger charge is -2.17. The lowest BCUT2D eigenvalue weighted by atomic mass is 9.99. The molecule has 0 radical (unpaired) electrons. The highest BCUT2D eigenvalue weighted by molar-refractivity contribution is 6.03. The molecule has 3 aromatic heterocycles. The maximum Gasteiger partial charge on any atom is 0.245 e. The third-order valence-electron chi connectivity index (χ3n) is 5.28. The molecule has 0 bridgehead atoms. The van der Waals surface area contributed by atoms with Gasteiger partial charge in [0, 0.05) is 36.1 Å². The number of aromatic nitrogens is 3. The minimum Gasteiger partial charge on any atom is -0.493 e. The van der Waals surface area contributed by atoms with Gasteiger partial charge in [-0.3, -0.25) is 14.8 Å². The zero-order valence-electron chi connectivity index (χ0n) is 18.3. The van der Waals surface area contributed by atoms with Crippen LogP contribution in [0, 0.1) is 5.82 Å². The number of ether oxygens (including phenoxy) is 2. The van der Waals surface area contributed by atoms with Crippen LogP contribution in [0.1, 0.15) is 0 Å². The van der Waals surface area contributed by atoms with Gasteiger partial charge in [-0.1, -0.05) is 18.7 Å². The summed E-state index contributed by atoms with van der Waals surface area (Å²) in [4.78, 5) is 25.3. The molecule has 4 aromatic rings. The van der Waals surface area contributed by atoms with Crippen molar-refractivity contribution in [2.75, 3.05) is 27.3 Å². The number of pyridine rings is 2. The molecule has 8 heteroatoms. The second-order valence-corrected chi connectivity index (χ2v) is 7.28. The van der Waals surface area contributed by atoms with Gasteiger partial charge in [-0.2, -0.15) is 0 Å². The summed E-state index contributed by atoms with van der Waals surface area (Å²) in [5.74, 6) is -0.00828. The van der Waals surface area contributed by atoms with Crippen LogP contribution in [-0.4, -0.2) is 53.1 Å². The van der Waals surface area contributed by atoms with Crippen molar-refractivity contribution in [3.8, 4) is 33.9 Å². The Morgan fingerprint density at radius 1 is 1.21 bits per heavy atom. The fourth-order valence-corrected chi connectivity index (χ4v) is 3.66. The lowest BCUT2D eigenvalue weighted by molar-refractivity contribution is -0.125. The summed E-state index contributed by atoms with van der Waals surface area (Å²) in [6, 6.07) is 10.3. The smallest absolute Gasteiger partial charge is 0.245 e. The summed E-state index contributed by atoms with van der Waals surface area (Å²) in [5.41, 5.74) is 4.14. The number of benzene rings is 1. The van der Waals surface area contributed by atoms with E-state index in [-0.39, 0.29) is 18.3 Å². The Balaban J connectivity index is 1.81. The molecule has 0 fully saturated rings. The van der Waals surface area contributed by atoms with Crippen LogP contribution in [0.25, 0.3) is 33.4 Å². The first-order valence-corrected chi connectivity index (χ1v) is 10.3. The number of nitrogens with one attached hydrogen (secondary N) is 1. The van der Waals surface area contributed by atoms with E-state index in [9.17, 15) is 9.18 Å². The van der Waals surface area contributed by atoms with Crippen molar-refractivity contribution in [2.45, 2.75) is 0 Å². The Morgan fingerprint density at radius 2 is 2.06 bits per heavy atom. The van der Waals surface area contributed by atoms with Crippen molar-refractivity contribution in [1.29, 1.82) is 0 Å². The molecule has 0 saturated carbocycles. The molecule has 0 aliphatic carbocycles. The number of nitrogens with zero attached hydrogens (tertiary/aromatic N) is 3. The second kappa shape index (κ2) is 9.52. The van der Waals surface area contributed by atoms with E-state index < -0.39 is 5.82 Å². The fourth-order valence-electron chi connectivity index (χ4n) is 3.66. The number of rotatable bonds is 8. The molecule has 3 heterocycles. The van der Waals surface area contributed by atoms with E-state index in [2.05, 4.69) is 21.5 Å². The molecule has 33 heavy (non-hydrogen) atoms. The molecule has 0 atom stereocenters. The molecule has 0 aliphatic heterocycles. The third kappa shape index (κ3) is 4.27. The summed E-state index contributed by atoms with van der Waals surface area (Å²) in [7, 11) is 3.11. The van der Waals surface area contributed by atoms with Crippen LogP contribution in [0.5, 0.6) is 11.5 Å². The highest BCUT2D eigenvalue weighted by Crippen LogP contribution is 2.44. The molecular weight excluding hydrogens is 423 g/mol. The molecule has 1 N–H and O–H groups in total. The van der Waals surface area contributed by atoms with E-state index in [4.69, 9.17) is 9.47 Å². The number of methoxy groups -OCH3 is 1. The summed E-state index contributed by atoms with van der Waals surface area (Å²) >= 11 is 0. The van der Waals surface area contributed by atoms with Gasteiger partial charge in [0.1, 0.15) is 12.4 Å². The van der Waals surface area contributed by atoms with Crippen molar-refractivity contribution >= 4 is 16.9 Å². The normalized spacial score (nSPS) is 10.8. The van der Waals surface area contributed by atoms with Gasteiger partial charge in [0.2, 0.25) is 5.91 Å². The van der Waals surface area contributed by atoms with E-state index in [1.807, 2.05) is 18.2 Å². The quantitative estimate of drug-likeness (QED) is 0.404. The average Bonchev–Trinajstić information content (AvgIpc) is 3.22. The SMILES string of the molecule is C=CC(=O)N(C)CCOc1cnccc1-c1[nH]c2cccnc2c1-c1cccc(F)c1OC. The number of carbonyl (C=O) groups excluding carboxylic acids is 1. The summed E-state index contributed by atoms with van der Waals surface area (Å²) in [6.45, 7) is 4.12. The van der Waals surface area contributed by atoms with E-state index in [0.29, 0.717) is 34.6 Å². The largest absolute Gasteiger partial charge is 0.493 e. The maximum absolute atomic E-state index is 14.6. The van der Waals surface area contributed by atoms with Gasteiger partial charge in [0.05, 0.1) is 36.6 Å². The van der Waals surface area contributed by atoms with Crippen LogP contribution in [0.3, 0.4) is 0 Å². The summed E-state index contributed by atoms with van der Waals surface area (Å²) in [5, 5.41) is 0. The van der Waals surface area contributed by atoms with Crippen molar-refractivity contribution in [3.63, 3.8) is 0 Å². The number of hydrogen-bond acceptors (Lipinski definition) is 5. The monoisotopic (exact) mass is 446 g/mol. The Kier molecular flexibility index (Phi) is 6.35. The Morgan fingerprint density at radius 3 is 2.85 bits per heavy atom. The number of para-hydroxylation sites is 1. The number of likely N-dealkylation sites (N-methyl/N-ethyl adjacent to an activating group) is 1. The number of halogens is 1. The van der Waals surface area contributed by atoms with Gasteiger partial charge in [0.15, 0.2) is 11.6 Å². The Bertz CT molecular complexity index is 1320. The van der Waals surface area contributed by atoms with Crippen molar-refractivity contribution < 1.29 is 18.7 Å². The van der Waals surface area contributed by atoms with Crippen LogP contribution >= 0.6 is 0 Å². The number of amides is 1. The molecule has 168 valence electrons. The fraction of sp³-hybridized carbons (Fsp3) is 0.160. The van der Waals surface area contributed by atoms with E-state index >= 15 is 0 Å². The molecule has 7 nitrogen and oxygen atoms in total. The minimum absolute atomic E-state index is 0.131. The summed E-state index contributed by atoms with van der Waals surface area (Å²) < 4.78 is 25.9. The molecule has 0 aliphatic rings. The molecular formula is C25H23FN4O3. The first-order chi connectivity index (χ1) is 16.0. The minimum atomic E-state index is -0.465. The zero-order valence-corrected chi connectivity index (χ0v) is 18.3. The van der Waals surface area contributed by atoms with Gasteiger partial charge in [-0.25, -0.2) is 4.39 Å². The molecule has 1 aromatic carbocycles. The molecule has 4 rings (SSSR count). The predicted octanol–water partition coefficient (Wildman–Crippen LogP) is 4.46. The Labute approximate surface area is 190 Å². The van der Waals surface area contributed by atoms with Gasteiger partial charge in [0.25, 0.3) is 0 Å². The van der Waals surface area contributed by atoms with E-state index in [1.54, 1.807) is 37.8 Å². The van der Waals surface area contributed by atoms with Crippen LogP contribution in [0.4, 0.5) is 4.39 Å². The number of fused-ring (bicyclic) bond motifs is 1. The van der Waals surface area contributed by atoms with Crippen LogP contribution in [0.15, 0.2) is 67.6 Å². The van der Waals surface area contributed by atoms with Gasteiger partial charge in [-0.05, 0) is 30.3 Å². The summed E-state index contributed by atoms with van der Waals surface area (Å²) in [6.07, 6.45) is 6.20. The molecule has 1 amide bonds. The molecule has 0 spiro atoms.